The number of non-ortho nitro benzene ring substituents is 1. The number of halogens is 1. The highest BCUT2D eigenvalue weighted by Crippen LogP contribution is 2.22. The van der Waals surface area contributed by atoms with E-state index in [9.17, 15) is 14.9 Å². The summed E-state index contributed by atoms with van der Waals surface area (Å²) in [6.07, 6.45) is 0.126. The van der Waals surface area contributed by atoms with Crippen LogP contribution in [0, 0.1) is 10.1 Å². The van der Waals surface area contributed by atoms with Crippen molar-refractivity contribution in [3.05, 3.63) is 38.9 Å². The molecule has 0 N–H and O–H groups in total. The van der Waals surface area contributed by atoms with Crippen molar-refractivity contribution in [1.82, 2.24) is 0 Å². The number of hydrogen-bond acceptors (Lipinski definition) is 3. The molecule has 0 spiro atoms. The standard InChI is InChI=1S/C9H8ClNO3/c1-6(12)4-7-5-8(11(13)14)2-3-9(7)10/h2-3,5H,4H2,1H3. The van der Waals surface area contributed by atoms with Crippen LogP contribution in [0.4, 0.5) is 5.69 Å². The highest BCUT2D eigenvalue weighted by molar-refractivity contribution is 6.31. The number of nitro groups is 1. The number of benzene rings is 1. The van der Waals surface area contributed by atoms with Crippen molar-refractivity contribution in [3.8, 4) is 0 Å². The maximum Gasteiger partial charge on any atom is 0.269 e. The third-order valence-electron chi connectivity index (χ3n) is 1.68. The van der Waals surface area contributed by atoms with Crippen molar-refractivity contribution in [2.75, 3.05) is 0 Å². The number of nitrogens with zero attached hydrogens (tertiary/aromatic N) is 1. The lowest BCUT2D eigenvalue weighted by atomic mass is 10.1. The molecular formula is C9H8ClNO3. The van der Waals surface area contributed by atoms with Gasteiger partial charge in [0.1, 0.15) is 5.78 Å². The highest BCUT2D eigenvalue weighted by Gasteiger charge is 2.10. The fourth-order valence-electron chi connectivity index (χ4n) is 1.08. The Morgan fingerprint density at radius 2 is 2.21 bits per heavy atom. The summed E-state index contributed by atoms with van der Waals surface area (Å²) in [5, 5.41) is 10.8. The number of rotatable bonds is 3. The molecule has 0 aromatic heterocycles. The molecule has 0 amide bonds. The number of hydrogen-bond donors (Lipinski definition) is 0. The average Bonchev–Trinajstić information content (AvgIpc) is 2.07. The number of carbonyl (C=O) groups excluding carboxylic acids is 1. The van der Waals surface area contributed by atoms with Crippen LogP contribution in [0.2, 0.25) is 5.02 Å². The van der Waals surface area contributed by atoms with E-state index in [0.29, 0.717) is 10.6 Å². The SMILES string of the molecule is CC(=O)Cc1cc([N+](=O)[O-])ccc1Cl. The molecule has 0 radical (unpaired) electrons. The molecule has 0 heterocycles. The van der Waals surface area contributed by atoms with E-state index in [2.05, 4.69) is 0 Å². The number of carbonyl (C=O) groups is 1. The van der Waals surface area contributed by atoms with Gasteiger partial charge in [0, 0.05) is 23.6 Å². The van der Waals surface area contributed by atoms with Crippen molar-refractivity contribution in [3.63, 3.8) is 0 Å². The summed E-state index contributed by atoms with van der Waals surface area (Å²) in [5.74, 6) is -0.0765. The first-order valence-electron chi connectivity index (χ1n) is 3.93. The summed E-state index contributed by atoms with van der Waals surface area (Å²) in [5.41, 5.74) is 0.444. The van der Waals surface area contributed by atoms with Gasteiger partial charge in [0.25, 0.3) is 5.69 Å². The first-order chi connectivity index (χ1) is 6.50. The Kier molecular flexibility index (Phi) is 3.19. The van der Waals surface area contributed by atoms with Gasteiger partial charge in [-0.15, -0.1) is 0 Å². The number of nitro benzene ring substituents is 1. The molecule has 0 bridgehead atoms. The second-order valence-electron chi connectivity index (χ2n) is 2.91. The number of Topliss-reactive ketones (excluding diaryl/α,β-unsaturated/α-hetero) is 1. The lowest BCUT2D eigenvalue weighted by Crippen LogP contribution is -1.98. The predicted octanol–water partition coefficient (Wildman–Crippen LogP) is 2.38. The first-order valence-corrected chi connectivity index (χ1v) is 4.30. The Morgan fingerprint density at radius 1 is 1.57 bits per heavy atom. The maximum atomic E-state index is 10.8. The molecule has 74 valence electrons. The molecule has 0 aliphatic rings. The van der Waals surface area contributed by atoms with Gasteiger partial charge in [-0.1, -0.05) is 11.6 Å². The Labute approximate surface area is 85.6 Å². The Balaban J connectivity index is 3.08. The fraction of sp³-hybridized carbons (Fsp3) is 0.222. The van der Waals surface area contributed by atoms with E-state index in [4.69, 9.17) is 11.6 Å². The van der Waals surface area contributed by atoms with Crippen LogP contribution in [0.1, 0.15) is 12.5 Å². The lowest BCUT2D eigenvalue weighted by Gasteiger charge is -2.00. The van der Waals surface area contributed by atoms with Crippen LogP contribution in [-0.2, 0) is 11.2 Å². The summed E-state index contributed by atoms with van der Waals surface area (Å²) in [6.45, 7) is 1.41. The summed E-state index contributed by atoms with van der Waals surface area (Å²) in [4.78, 5) is 20.7. The lowest BCUT2D eigenvalue weighted by molar-refractivity contribution is -0.384. The highest BCUT2D eigenvalue weighted by atomic mass is 35.5. The second kappa shape index (κ2) is 4.19. The smallest absolute Gasteiger partial charge is 0.269 e. The molecule has 14 heavy (non-hydrogen) atoms. The van der Waals surface area contributed by atoms with Crippen LogP contribution >= 0.6 is 11.6 Å². The van der Waals surface area contributed by atoms with Gasteiger partial charge in [-0.05, 0) is 18.6 Å². The first kappa shape index (κ1) is 10.7. The predicted molar refractivity (Wildman–Crippen MR) is 52.5 cm³/mol. The van der Waals surface area contributed by atoms with Gasteiger partial charge in [-0.3, -0.25) is 14.9 Å². The molecule has 1 aromatic carbocycles. The van der Waals surface area contributed by atoms with Crippen molar-refractivity contribution in [2.45, 2.75) is 13.3 Å². The van der Waals surface area contributed by atoms with Crippen LogP contribution < -0.4 is 0 Å². The van der Waals surface area contributed by atoms with Crippen LogP contribution in [0.5, 0.6) is 0 Å². The largest absolute Gasteiger partial charge is 0.300 e. The van der Waals surface area contributed by atoms with Gasteiger partial charge in [0.05, 0.1) is 4.92 Å². The Bertz CT molecular complexity index is 390. The minimum Gasteiger partial charge on any atom is -0.300 e. The third kappa shape index (κ3) is 2.53. The molecule has 0 aliphatic heterocycles. The Hall–Kier alpha value is -1.42. The van der Waals surface area contributed by atoms with Gasteiger partial charge in [0.15, 0.2) is 0 Å². The Morgan fingerprint density at radius 3 is 2.71 bits per heavy atom. The zero-order valence-electron chi connectivity index (χ0n) is 7.49. The molecule has 0 unspecified atom stereocenters. The molecule has 0 atom stereocenters. The summed E-state index contributed by atoms with van der Waals surface area (Å²) in [6, 6.07) is 4.06. The van der Waals surface area contributed by atoms with Crippen molar-refractivity contribution >= 4 is 23.1 Å². The molecule has 1 rings (SSSR count). The van der Waals surface area contributed by atoms with Gasteiger partial charge < -0.3 is 0 Å². The van der Waals surface area contributed by atoms with Crippen molar-refractivity contribution in [2.24, 2.45) is 0 Å². The topological polar surface area (TPSA) is 60.2 Å². The fourth-order valence-corrected chi connectivity index (χ4v) is 1.26. The monoisotopic (exact) mass is 213 g/mol. The van der Waals surface area contributed by atoms with Crippen LogP contribution in [0.15, 0.2) is 18.2 Å². The quantitative estimate of drug-likeness (QED) is 0.572. The summed E-state index contributed by atoms with van der Waals surface area (Å²) in [7, 11) is 0. The van der Waals surface area contributed by atoms with E-state index in [0.717, 1.165) is 0 Å². The molecule has 0 saturated carbocycles. The minimum atomic E-state index is -0.514. The number of ketones is 1. The van der Waals surface area contributed by atoms with Gasteiger partial charge in [0.2, 0.25) is 0 Å². The van der Waals surface area contributed by atoms with Crippen LogP contribution in [0.3, 0.4) is 0 Å². The van der Waals surface area contributed by atoms with Gasteiger partial charge in [-0.2, -0.15) is 0 Å². The van der Waals surface area contributed by atoms with Gasteiger partial charge >= 0.3 is 0 Å². The van der Waals surface area contributed by atoms with E-state index >= 15 is 0 Å². The van der Waals surface area contributed by atoms with E-state index in [1.54, 1.807) is 0 Å². The average molecular weight is 214 g/mol. The zero-order valence-corrected chi connectivity index (χ0v) is 8.25. The summed E-state index contributed by atoms with van der Waals surface area (Å²) < 4.78 is 0. The summed E-state index contributed by atoms with van der Waals surface area (Å²) >= 11 is 5.77. The van der Waals surface area contributed by atoms with Crippen LogP contribution in [-0.4, -0.2) is 10.7 Å². The van der Waals surface area contributed by atoms with E-state index < -0.39 is 4.92 Å². The van der Waals surface area contributed by atoms with E-state index in [1.165, 1.54) is 25.1 Å². The molecule has 0 fully saturated rings. The molecule has 5 heteroatoms. The molecule has 1 aromatic rings. The maximum absolute atomic E-state index is 10.8. The van der Waals surface area contributed by atoms with Crippen LogP contribution in [0.25, 0.3) is 0 Å². The zero-order chi connectivity index (χ0) is 10.7. The van der Waals surface area contributed by atoms with E-state index in [1.807, 2.05) is 0 Å². The minimum absolute atomic E-state index is 0.0503. The second-order valence-corrected chi connectivity index (χ2v) is 3.32. The van der Waals surface area contributed by atoms with Crippen molar-refractivity contribution < 1.29 is 9.72 Å². The molecule has 0 aliphatic carbocycles. The van der Waals surface area contributed by atoms with E-state index in [-0.39, 0.29) is 17.9 Å². The molecule has 0 saturated heterocycles. The third-order valence-corrected chi connectivity index (χ3v) is 2.05. The normalized spacial score (nSPS) is 9.86. The molecular weight excluding hydrogens is 206 g/mol. The van der Waals surface area contributed by atoms with Crippen molar-refractivity contribution in [1.29, 1.82) is 0 Å². The van der Waals surface area contributed by atoms with Gasteiger partial charge in [-0.25, -0.2) is 0 Å². The molecule has 4 nitrogen and oxygen atoms in total.